The number of hydrogen-bond donors (Lipinski definition) is 0. The first-order chi connectivity index (χ1) is 12.7. The lowest BCUT2D eigenvalue weighted by Crippen LogP contribution is -2.06. The van der Waals surface area contributed by atoms with E-state index < -0.39 is 0 Å². The van der Waals surface area contributed by atoms with E-state index in [1.807, 2.05) is 0 Å². The van der Waals surface area contributed by atoms with E-state index in [9.17, 15) is 4.79 Å². The van der Waals surface area contributed by atoms with Crippen LogP contribution in [0.2, 0.25) is 0 Å². The fourth-order valence-corrected chi connectivity index (χ4v) is 3.17. The van der Waals surface area contributed by atoms with Gasteiger partial charge in [-0.2, -0.15) is 0 Å². The van der Waals surface area contributed by atoms with Crippen LogP contribution in [0.5, 0.6) is 0 Å². The highest BCUT2D eigenvalue weighted by atomic mass is 16.5. The van der Waals surface area contributed by atoms with Gasteiger partial charge in [-0.15, -0.1) is 0 Å². The van der Waals surface area contributed by atoms with Crippen molar-refractivity contribution in [3.8, 4) is 0 Å². The molecule has 0 radical (unpaired) electrons. The highest BCUT2D eigenvalue weighted by Gasteiger charge is 2.03. The van der Waals surface area contributed by atoms with Gasteiger partial charge in [-0.3, -0.25) is 0 Å². The van der Waals surface area contributed by atoms with E-state index >= 15 is 0 Å². The predicted molar refractivity (Wildman–Crippen MR) is 114 cm³/mol. The first kappa shape index (κ1) is 24.9. The quantitative estimate of drug-likeness (QED) is 0.101. The van der Waals surface area contributed by atoms with Gasteiger partial charge in [0.15, 0.2) is 0 Å². The highest BCUT2D eigenvalue weighted by molar-refractivity contribution is 5.88. The molecule has 0 saturated heterocycles. The molecule has 0 saturated carbocycles. The SMILES string of the molecule is C=C/C=C(\C)C(=O)OCCCCCCCCCCCCCCCCCC. The van der Waals surface area contributed by atoms with E-state index in [0.717, 1.165) is 12.8 Å². The Morgan fingerprint density at radius 1 is 0.731 bits per heavy atom. The zero-order valence-corrected chi connectivity index (χ0v) is 17.7. The predicted octanol–water partition coefficient (Wildman–Crippen LogP) is 7.92. The summed E-state index contributed by atoms with van der Waals surface area (Å²) in [6.07, 6.45) is 25.0. The van der Waals surface area contributed by atoms with Crippen molar-refractivity contribution in [1.82, 2.24) is 0 Å². The second kappa shape index (κ2) is 20.3. The van der Waals surface area contributed by atoms with Crippen molar-refractivity contribution in [2.45, 2.75) is 117 Å². The molecule has 26 heavy (non-hydrogen) atoms. The monoisotopic (exact) mass is 364 g/mol. The molecule has 2 nitrogen and oxygen atoms in total. The van der Waals surface area contributed by atoms with E-state index in [0.29, 0.717) is 12.2 Å². The minimum atomic E-state index is -0.217. The Kier molecular flexibility index (Phi) is 19.4. The molecule has 0 aliphatic rings. The summed E-state index contributed by atoms with van der Waals surface area (Å²) in [4.78, 5) is 11.6. The van der Waals surface area contributed by atoms with E-state index in [2.05, 4.69) is 13.5 Å². The van der Waals surface area contributed by atoms with E-state index in [4.69, 9.17) is 4.74 Å². The summed E-state index contributed by atoms with van der Waals surface area (Å²) in [5.74, 6) is -0.217. The second-order valence-electron chi connectivity index (χ2n) is 7.52. The largest absolute Gasteiger partial charge is 0.462 e. The molecule has 0 aromatic heterocycles. The van der Waals surface area contributed by atoms with Crippen LogP contribution in [0.25, 0.3) is 0 Å². The van der Waals surface area contributed by atoms with E-state index in [1.165, 1.54) is 89.9 Å². The fraction of sp³-hybridized carbons (Fsp3) is 0.792. The third kappa shape index (κ3) is 17.8. The first-order valence-corrected chi connectivity index (χ1v) is 11.2. The highest BCUT2D eigenvalue weighted by Crippen LogP contribution is 2.13. The average molecular weight is 365 g/mol. The normalized spacial score (nSPS) is 11.5. The van der Waals surface area contributed by atoms with Crippen LogP contribution in [-0.2, 0) is 9.53 Å². The van der Waals surface area contributed by atoms with Crippen LogP contribution in [0.3, 0.4) is 0 Å². The lowest BCUT2D eigenvalue weighted by Gasteiger charge is -2.05. The number of allylic oxidation sites excluding steroid dienone is 2. The molecule has 0 aliphatic heterocycles. The maximum absolute atomic E-state index is 11.6. The number of ether oxygens (including phenoxy) is 1. The lowest BCUT2D eigenvalue weighted by atomic mass is 10.0. The lowest BCUT2D eigenvalue weighted by molar-refractivity contribution is -0.139. The van der Waals surface area contributed by atoms with Gasteiger partial charge in [-0.05, 0) is 13.3 Å². The molecule has 0 bridgehead atoms. The standard InChI is InChI=1S/C24H44O2/c1-4-6-7-8-9-10-11-12-13-14-15-16-17-18-19-20-22-26-24(25)23(3)21-5-2/h5,21H,2,4,6-20,22H2,1,3H3/b23-21+. The number of unbranched alkanes of at least 4 members (excludes halogenated alkanes) is 15. The van der Waals surface area contributed by atoms with Crippen molar-refractivity contribution in [3.63, 3.8) is 0 Å². The summed E-state index contributed by atoms with van der Waals surface area (Å²) in [7, 11) is 0. The van der Waals surface area contributed by atoms with E-state index in [-0.39, 0.29) is 5.97 Å². The minimum absolute atomic E-state index is 0.217. The smallest absolute Gasteiger partial charge is 0.333 e. The average Bonchev–Trinajstić information content (AvgIpc) is 2.64. The van der Waals surface area contributed by atoms with Crippen molar-refractivity contribution in [3.05, 3.63) is 24.3 Å². The molecule has 0 amide bonds. The molecule has 0 N–H and O–H groups in total. The van der Waals surface area contributed by atoms with Crippen LogP contribution in [0, 0.1) is 0 Å². The number of rotatable bonds is 19. The Balaban J connectivity index is 3.17. The van der Waals surface area contributed by atoms with Crippen LogP contribution in [0.15, 0.2) is 24.3 Å². The maximum atomic E-state index is 11.6. The Morgan fingerprint density at radius 3 is 1.50 bits per heavy atom. The van der Waals surface area contributed by atoms with Gasteiger partial charge in [0.25, 0.3) is 0 Å². The van der Waals surface area contributed by atoms with Gasteiger partial charge >= 0.3 is 5.97 Å². The number of hydrogen-bond acceptors (Lipinski definition) is 2. The molecule has 0 spiro atoms. The number of carbonyl (C=O) groups is 1. The Hall–Kier alpha value is -1.05. The summed E-state index contributed by atoms with van der Waals surface area (Å²) >= 11 is 0. The van der Waals surface area contributed by atoms with Crippen LogP contribution < -0.4 is 0 Å². The molecule has 0 atom stereocenters. The summed E-state index contributed by atoms with van der Waals surface area (Å²) in [5.41, 5.74) is 0.622. The van der Waals surface area contributed by atoms with E-state index in [1.54, 1.807) is 19.1 Å². The third-order valence-electron chi connectivity index (χ3n) is 4.92. The first-order valence-electron chi connectivity index (χ1n) is 11.2. The molecule has 0 unspecified atom stereocenters. The topological polar surface area (TPSA) is 26.3 Å². The van der Waals surface area contributed by atoms with Gasteiger partial charge in [0.1, 0.15) is 0 Å². The Labute approximate surface area is 163 Å². The van der Waals surface area contributed by atoms with Gasteiger partial charge in [0, 0.05) is 5.57 Å². The van der Waals surface area contributed by atoms with Crippen molar-refractivity contribution in [2.24, 2.45) is 0 Å². The van der Waals surface area contributed by atoms with Crippen LogP contribution in [0.4, 0.5) is 0 Å². The van der Waals surface area contributed by atoms with Gasteiger partial charge in [-0.1, -0.05) is 122 Å². The molecule has 0 aromatic rings. The molecule has 0 heterocycles. The van der Waals surface area contributed by atoms with Crippen molar-refractivity contribution in [1.29, 1.82) is 0 Å². The molecule has 0 aromatic carbocycles. The summed E-state index contributed by atoms with van der Waals surface area (Å²) in [6.45, 7) is 8.16. The van der Waals surface area contributed by atoms with Gasteiger partial charge in [0.2, 0.25) is 0 Å². The van der Waals surface area contributed by atoms with Crippen LogP contribution in [0.1, 0.15) is 117 Å². The van der Waals surface area contributed by atoms with Crippen molar-refractivity contribution in [2.75, 3.05) is 6.61 Å². The summed E-state index contributed by atoms with van der Waals surface area (Å²) in [6, 6.07) is 0. The van der Waals surface area contributed by atoms with Crippen molar-refractivity contribution < 1.29 is 9.53 Å². The minimum Gasteiger partial charge on any atom is -0.462 e. The molecule has 2 heteroatoms. The molecule has 0 aliphatic carbocycles. The Morgan fingerprint density at radius 2 is 1.12 bits per heavy atom. The molecule has 152 valence electrons. The number of carbonyl (C=O) groups excluding carboxylic acids is 1. The molecular weight excluding hydrogens is 320 g/mol. The zero-order chi connectivity index (χ0) is 19.3. The fourth-order valence-electron chi connectivity index (χ4n) is 3.17. The van der Waals surface area contributed by atoms with Gasteiger partial charge < -0.3 is 4.74 Å². The second-order valence-corrected chi connectivity index (χ2v) is 7.52. The zero-order valence-electron chi connectivity index (χ0n) is 17.7. The van der Waals surface area contributed by atoms with Crippen molar-refractivity contribution >= 4 is 5.97 Å². The molecule has 0 rings (SSSR count). The number of esters is 1. The molecular formula is C24H44O2. The van der Waals surface area contributed by atoms with Crippen LogP contribution in [-0.4, -0.2) is 12.6 Å². The summed E-state index contributed by atoms with van der Waals surface area (Å²) in [5, 5.41) is 0. The summed E-state index contributed by atoms with van der Waals surface area (Å²) < 4.78 is 5.22. The van der Waals surface area contributed by atoms with Gasteiger partial charge in [0.05, 0.1) is 6.61 Å². The van der Waals surface area contributed by atoms with Gasteiger partial charge in [-0.25, -0.2) is 4.79 Å². The Bertz CT molecular complexity index is 357. The third-order valence-corrected chi connectivity index (χ3v) is 4.92. The molecule has 0 fully saturated rings. The van der Waals surface area contributed by atoms with Crippen LogP contribution >= 0.6 is 0 Å². The maximum Gasteiger partial charge on any atom is 0.333 e.